The van der Waals surface area contributed by atoms with E-state index in [1.54, 1.807) is 0 Å². The van der Waals surface area contributed by atoms with Crippen LogP contribution >= 0.6 is 27.5 Å². The van der Waals surface area contributed by atoms with Gasteiger partial charge in [-0.2, -0.15) is 0 Å². The van der Waals surface area contributed by atoms with Crippen LogP contribution in [-0.2, 0) is 4.79 Å². The van der Waals surface area contributed by atoms with Crippen molar-refractivity contribution in [3.05, 3.63) is 99.5 Å². The molecule has 25 heavy (non-hydrogen) atoms. The molecule has 4 heteroatoms. The number of carbonyl (C=O) groups is 1. The zero-order chi connectivity index (χ0) is 17.4. The van der Waals surface area contributed by atoms with Crippen molar-refractivity contribution >= 4 is 39.1 Å². The van der Waals surface area contributed by atoms with Crippen molar-refractivity contribution in [1.29, 1.82) is 0 Å². The number of β-lactam (4-membered cyclic amide) rings is 1. The Morgan fingerprint density at radius 2 is 1.44 bits per heavy atom. The molecule has 1 heterocycles. The molecule has 0 aliphatic carbocycles. The van der Waals surface area contributed by atoms with E-state index in [1.807, 2.05) is 71.6 Å². The van der Waals surface area contributed by atoms with Gasteiger partial charge < -0.3 is 4.90 Å². The molecule has 1 amide bonds. The van der Waals surface area contributed by atoms with Gasteiger partial charge in [0.1, 0.15) is 0 Å². The first-order valence-electron chi connectivity index (χ1n) is 8.04. The lowest BCUT2D eigenvalue weighted by Gasteiger charge is -2.47. The summed E-state index contributed by atoms with van der Waals surface area (Å²) in [4.78, 5) is 14.8. The number of hydrogen-bond acceptors (Lipinski definition) is 1. The van der Waals surface area contributed by atoms with E-state index in [-0.39, 0.29) is 17.9 Å². The highest BCUT2D eigenvalue weighted by Gasteiger charge is 2.49. The van der Waals surface area contributed by atoms with Crippen molar-refractivity contribution in [2.45, 2.75) is 12.0 Å². The van der Waals surface area contributed by atoms with Gasteiger partial charge in [-0.25, -0.2) is 0 Å². The van der Waals surface area contributed by atoms with Crippen molar-refractivity contribution < 1.29 is 4.79 Å². The molecule has 1 aliphatic rings. The number of amides is 1. The number of hydrogen-bond donors (Lipinski definition) is 0. The van der Waals surface area contributed by atoms with Gasteiger partial charge >= 0.3 is 0 Å². The summed E-state index contributed by atoms with van der Waals surface area (Å²) >= 11 is 9.48. The normalized spacial score (nSPS) is 19.6. The van der Waals surface area contributed by atoms with E-state index in [0.29, 0.717) is 5.02 Å². The molecule has 4 rings (SSSR count). The Morgan fingerprint density at radius 3 is 2.08 bits per heavy atom. The lowest BCUT2D eigenvalue weighted by molar-refractivity contribution is -0.126. The Morgan fingerprint density at radius 1 is 0.800 bits per heavy atom. The van der Waals surface area contributed by atoms with E-state index < -0.39 is 0 Å². The summed E-state index contributed by atoms with van der Waals surface area (Å²) in [7, 11) is 0. The summed E-state index contributed by atoms with van der Waals surface area (Å²) in [6.07, 6.45) is 0. The lowest BCUT2D eigenvalue weighted by Crippen LogP contribution is -2.53. The van der Waals surface area contributed by atoms with E-state index in [0.717, 1.165) is 21.3 Å². The van der Waals surface area contributed by atoms with Crippen LogP contribution in [0.2, 0.25) is 5.02 Å². The lowest BCUT2D eigenvalue weighted by atomic mass is 9.77. The molecule has 3 aromatic rings. The average molecular weight is 413 g/mol. The molecule has 0 aromatic heterocycles. The van der Waals surface area contributed by atoms with Gasteiger partial charge in [0, 0.05) is 15.2 Å². The molecule has 2 unspecified atom stereocenters. The topological polar surface area (TPSA) is 20.3 Å². The van der Waals surface area contributed by atoms with Crippen LogP contribution in [0.15, 0.2) is 83.3 Å². The number of carbonyl (C=O) groups excluding carboxylic acids is 1. The minimum atomic E-state index is -0.168. The minimum absolute atomic E-state index is 0.0239. The van der Waals surface area contributed by atoms with Gasteiger partial charge in [0.15, 0.2) is 0 Å². The first-order chi connectivity index (χ1) is 12.1. The predicted molar refractivity (Wildman–Crippen MR) is 105 cm³/mol. The summed E-state index contributed by atoms with van der Waals surface area (Å²) in [6.45, 7) is 0. The van der Waals surface area contributed by atoms with Gasteiger partial charge in [0.05, 0.1) is 12.0 Å². The molecule has 1 saturated heterocycles. The maximum atomic E-state index is 13.0. The molecule has 2 nitrogen and oxygen atoms in total. The second-order valence-corrected chi connectivity index (χ2v) is 7.42. The second-order valence-electron chi connectivity index (χ2n) is 6.07. The largest absolute Gasteiger partial charge is 0.303 e. The van der Waals surface area contributed by atoms with E-state index >= 15 is 0 Å². The molecular weight excluding hydrogens is 398 g/mol. The van der Waals surface area contributed by atoms with Crippen LogP contribution in [0.1, 0.15) is 23.1 Å². The monoisotopic (exact) mass is 411 g/mol. The van der Waals surface area contributed by atoms with Crippen LogP contribution in [0.25, 0.3) is 0 Å². The average Bonchev–Trinajstić information content (AvgIpc) is 2.63. The molecule has 124 valence electrons. The summed E-state index contributed by atoms with van der Waals surface area (Å²) in [6, 6.07) is 25.5. The molecule has 3 aromatic carbocycles. The minimum Gasteiger partial charge on any atom is -0.303 e. The van der Waals surface area contributed by atoms with E-state index in [1.165, 1.54) is 0 Å². The fourth-order valence-corrected chi connectivity index (χ4v) is 3.76. The van der Waals surface area contributed by atoms with Crippen LogP contribution in [0, 0.1) is 0 Å². The molecule has 0 saturated carbocycles. The smallest absolute Gasteiger partial charge is 0.237 e. The zero-order valence-electron chi connectivity index (χ0n) is 13.3. The van der Waals surface area contributed by atoms with Crippen molar-refractivity contribution in [3.63, 3.8) is 0 Å². The van der Waals surface area contributed by atoms with Crippen LogP contribution in [-0.4, -0.2) is 5.91 Å². The third-order valence-corrected chi connectivity index (χ3v) is 5.35. The molecule has 0 bridgehead atoms. The highest BCUT2D eigenvalue weighted by atomic mass is 79.9. The van der Waals surface area contributed by atoms with Gasteiger partial charge in [-0.05, 0) is 47.5 Å². The van der Waals surface area contributed by atoms with Gasteiger partial charge in [0.2, 0.25) is 5.91 Å². The van der Waals surface area contributed by atoms with E-state index in [4.69, 9.17) is 11.6 Å². The van der Waals surface area contributed by atoms with Crippen LogP contribution in [0.4, 0.5) is 5.69 Å². The quantitative estimate of drug-likeness (QED) is 0.485. The first kappa shape index (κ1) is 16.4. The third kappa shape index (κ3) is 2.99. The predicted octanol–water partition coefficient (Wildman–Crippen LogP) is 5.97. The molecule has 2 atom stereocenters. The van der Waals surface area contributed by atoms with Crippen molar-refractivity contribution in [1.82, 2.24) is 0 Å². The van der Waals surface area contributed by atoms with Crippen molar-refractivity contribution in [2.24, 2.45) is 0 Å². The Hall–Kier alpha value is -2.10. The number of nitrogens with zero attached hydrogens (tertiary/aromatic N) is 1. The highest BCUT2D eigenvalue weighted by molar-refractivity contribution is 9.10. The molecule has 1 fully saturated rings. The Balaban J connectivity index is 1.77. The Bertz CT molecular complexity index is 893. The fourth-order valence-electron chi connectivity index (χ4n) is 3.37. The maximum absolute atomic E-state index is 13.0. The van der Waals surface area contributed by atoms with E-state index in [9.17, 15) is 4.79 Å². The fraction of sp³-hybridized carbons (Fsp3) is 0.0952. The molecule has 0 spiro atoms. The van der Waals surface area contributed by atoms with Gasteiger partial charge in [0.25, 0.3) is 0 Å². The Labute approximate surface area is 160 Å². The summed E-state index contributed by atoms with van der Waals surface area (Å²) in [5.41, 5.74) is 3.03. The molecule has 0 radical (unpaired) electrons. The molecule has 0 N–H and O–H groups in total. The third-order valence-electron chi connectivity index (χ3n) is 4.57. The maximum Gasteiger partial charge on any atom is 0.237 e. The van der Waals surface area contributed by atoms with Crippen LogP contribution < -0.4 is 4.90 Å². The zero-order valence-corrected chi connectivity index (χ0v) is 15.6. The number of benzene rings is 3. The van der Waals surface area contributed by atoms with Gasteiger partial charge in [-0.3, -0.25) is 4.79 Å². The standard InChI is InChI=1S/C21H15BrClNO/c22-16-8-6-15(7-9-16)20-19(14-4-2-1-3-5-14)21(25)24(20)18-12-10-17(23)11-13-18/h1-13,19-20H. The number of rotatable bonds is 3. The summed E-state index contributed by atoms with van der Waals surface area (Å²) < 4.78 is 1.02. The second kappa shape index (κ2) is 6.66. The van der Waals surface area contributed by atoms with E-state index in [2.05, 4.69) is 28.1 Å². The summed E-state index contributed by atoms with van der Waals surface area (Å²) in [5, 5.41) is 0.663. The first-order valence-corrected chi connectivity index (χ1v) is 9.21. The van der Waals surface area contributed by atoms with Gasteiger partial charge in [-0.1, -0.05) is 70.0 Å². The molecule has 1 aliphatic heterocycles. The highest BCUT2D eigenvalue weighted by Crippen LogP contribution is 2.49. The van der Waals surface area contributed by atoms with Gasteiger partial charge in [-0.15, -0.1) is 0 Å². The molecular formula is C21H15BrClNO. The van der Waals surface area contributed by atoms with Crippen LogP contribution in [0.3, 0.4) is 0 Å². The summed E-state index contributed by atoms with van der Waals surface area (Å²) in [5.74, 6) is -0.0560. The van der Waals surface area contributed by atoms with Crippen LogP contribution in [0.5, 0.6) is 0 Å². The van der Waals surface area contributed by atoms with Crippen molar-refractivity contribution in [2.75, 3.05) is 4.90 Å². The number of anilines is 1. The number of halogens is 2. The van der Waals surface area contributed by atoms with Crippen molar-refractivity contribution in [3.8, 4) is 0 Å². The SMILES string of the molecule is O=C1C(c2ccccc2)C(c2ccc(Br)cc2)N1c1ccc(Cl)cc1. The Kier molecular flexibility index (Phi) is 4.36.